The van der Waals surface area contributed by atoms with Gasteiger partial charge in [-0.15, -0.1) is 0 Å². The van der Waals surface area contributed by atoms with E-state index in [0.717, 1.165) is 22.7 Å². The quantitative estimate of drug-likeness (QED) is 0.761. The Bertz CT molecular complexity index is 780. The second kappa shape index (κ2) is 6.79. The number of methoxy groups -OCH3 is 1. The van der Waals surface area contributed by atoms with Crippen molar-refractivity contribution in [2.75, 3.05) is 7.11 Å². The molecule has 0 fully saturated rings. The maximum absolute atomic E-state index is 12.2. The minimum absolute atomic E-state index is 0.123. The van der Waals surface area contributed by atoms with Crippen molar-refractivity contribution in [3.05, 3.63) is 72.1 Å². The highest BCUT2D eigenvalue weighted by Gasteiger charge is 2.08. The largest absolute Gasteiger partial charge is 0.496 e. The van der Waals surface area contributed by atoms with E-state index in [-0.39, 0.29) is 5.91 Å². The summed E-state index contributed by atoms with van der Waals surface area (Å²) in [6.07, 6.45) is 3.46. The number of benzene rings is 2. The van der Waals surface area contributed by atoms with Crippen LogP contribution in [0.5, 0.6) is 5.75 Å². The number of amides is 1. The van der Waals surface area contributed by atoms with Crippen LogP contribution in [-0.4, -0.2) is 23.0 Å². The Morgan fingerprint density at radius 3 is 2.65 bits per heavy atom. The number of aromatic amines is 1. The van der Waals surface area contributed by atoms with Crippen molar-refractivity contribution in [2.45, 2.75) is 6.54 Å². The number of hydrogen-bond acceptors (Lipinski definition) is 3. The molecule has 0 aliphatic rings. The van der Waals surface area contributed by atoms with E-state index in [0.29, 0.717) is 12.1 Å². The van der Waals surface area contributed by atoms with Gasteiger partial charge in [0.05, 0.1) is 7.11 Å². The molecule has 0 aliphatic carbocycles. The Labute approximate surface area is 134 Å². The lowest BCUT2D eigenvalue weighted by atomic mass is 10.1. The third kappa shape index (κ3) is 3.40. The third-order valence-electron chi connectivity index (χ3n) is 3.55. The molecule has 1 heterocycles. The fourth-order valence-electron chi connectivity index (χ4n) is 2.33. The first-order valence-electron chi connectivity index (χ1n) is 7.28. The molecule has 1 amide bonds. The lowest BCUT2D eigenvalue weighted by Crippen LogP contribution is -2.22. The SMILES string of the molecule is COc1ccccc1CNC(=O)c1ccc(-c2ncc[nH]2)cc1. The van der Waals surface area contributed by atoms with Crippen LogP contribution in [0.1, 0.15) is 15.9 Å². The van der Waals surface area contributed by atoms with E-state index in [1.807, 2.05) is 36.4 Å². The molecule has 0 saturated carbocycles. The van der Waals surface area contributed by atoms with Crippen molar-refractivity contribution in [3.63, 3.8) is 0 Å². The van der Waals surface area contributed by atoms with Crippen molar-refractivity contribution >= 4 is 5.91 Å². The predicted octanol–water partition coefficient (Wildman–Crippen LogP) is 3.02. The van der Waals surface area contributed by atoms with Gasteiger partial charge in [-0.05, 0) is 18.2 Å². The van der Waals surface area contributed by atoms with Crippen LogP contribution in [0.3, 0.4) is 0 Å². The molecule has 0 bridgehead atoms. The second-order valence-corrected chi connectivity index (χ2v) is 5.01. The number of carbonyl (C=O) groups excluding carboxylic acids is 1. The third-order valence-corrected chi connectivity index (χ3v) is 3.55. The maximum atomic E-state index is 12.2. The molecule has 2 N–H and O–H groups in total. The zero-order valence-electron chi connectivity index (χ0n) is 12.7. The summed E-state index contributed by atoms with van der Waals surface area (Å²) in [6, 6.07) is 14.9. The predicted molar refractivity (Wildman–Crippen MR) is 88.2 cm³/mol. The van der Waals surface area contributed by atoms with Gasteiger partial charge in [0.25, 0.3) is 5.91 Å². The van der Waals surface area contributed by atoms with Crippen LogP contribution in [0.25, 0.3) is 11.4 Å². The number of aromatic nitrogens is 2. The molecule has 3 rings (SSSR count). The van der Waals surface area contributed by atoms with E-state index in [9.17, 15) is 4.79 Å². The van der Waals surface area contributed by atoms with Crippen LogP contribution in [0, 0.1) is 0 Å². The number of rotatable bonds is 5. The van der Waals surface area contributed by atoms with Gasteiger partial charge < -0.3 is 15.0 Å². The molecule has 0 spiro atoms. The number of imidazole rings is 1. The molecule has 1 aromatic heterocycles. The molecule has 5 nitrogen and oxygen atoms in total. The Morgan fingerprint density at radius 2 is 1.96 bits per heavy atom. The highest BCUT2D eigenvalue weighted by molar-refractivity contribution is 5.94. The normalized spacial score (nSPS) is 10.3. The number of H-pyrrole nitrogens is 1. The topological polar surface area (TPSA) is 67.0 Å². The lowest BCUT2D eigenvalue weighted by molar-refractivity contribution is 0.0950. The van der Waals surface area contributed by atoms with E-state index in [2.05, 4.69) is 15.3 Å². The van der Waals surface area contributed by atoms with Gasteiger partial charge in [-0.2, -0.15) is 0 Å². The van der Waals surface area contributed by atoms with Crippen LogP contribution in [0.15, 0.2) is 60.9 Å². The number of para-hydroxylation sites is 1. The van der Waals surface area contributed by atoms with Crippen LogP contribution in [0.2, 0.25) is 0 Å². The van der Waals surface area contributed by atoms with Gasteiger partial charge in [0.1, 0.15) is 11.6 Å². The molecular formula is C18H17N3O2. The van der Waals surface area contributed by atoms with E-state index >= 15 is 0 Å². The maximum Gasteiger partial charge on any atom is 0.251 e. The Balaban J connectivity index is 1.66. The van der Waals surface area contributed by atoms with Gasteiger partial charge in [0.15, 0.2) is 0 Å². The summed E-state index contributed by atoms with van der Waals surface area (Å²) in [5.41, 5.74) is 2.49. The molecule has 0 atom stereocenters. The summed E-state index contributed by atoms with van der Waals surface area (Å²) < 4.78 is 5.28. The Kier molecular flexibility index (Phi) is 4.38. The van der Waals surface area contributed by atoms with Crippen LogP contribution >= 0.6 is 0 Å². The van der Waals surface area contributed by atoms with Gasteiger partial charge in [-0.3, -0.25) is 4.79 Å². The second-order valence-electron chi connectivity index (χ2n) is 5.01. The van der Waals surface area contributed by atoms with Crippen LogP contribution in [0.4, 0.5) is 0 Å². The standard InChI is InChI=1S/C18H17N3O2/c1-23-16-5-3-2-4-15(16)12-21-18(22)14-8-6-13(7-9-14)17-19-10-11-20-17/h2-11H,12H2,1H3,(H,19,20)(H,21,22). The van der Waals surface area contributed by atoms with Crippen molar-refractivity contribution < 1.29 is 9.53 Å². The van der Waals surface area contributed by atoms with Gasteiger partial charge in [0, 0.05) is 35.6 Å². The molecule has 3 aromatic rings. The summed E-state index contributed by atoms with van der Waals surface area (Å²) in [5.74, 6) is 1.42. The molecule has 116 valence electrons. The zero-order chi connectivity index (χ0) is 16.1. The summed E-state index contributed by atoms with van der Waals surface area (Å²) in [6.45, 7) is 0.419. The van der Waals surface area contributed by atoms with Crippen LogP contribution < -0.4 is 10.1 Å². The highest BCUT2D eigenvalue weighted by Crippen LogP contribution is 2.18. The Morgan fingerprint density at radius 1 is 1.17 bits per heavy atom. The van der Waals surface area contributed by atoms with E-state index in [1.165, 1.54) is 0 Å². The van der Waals surface area contributed by atoms with Crippen molar-refractivity contribution in [3.8, 4) is 17.1 Å². The van der Waals surface area contributed by atoms with Crippen molar-refractivity contribution in [1.29, 1.82) is 0 Å². The van der Waals surface area contributed by atoms with Gasteiger partial charge in [0.2, 0.25) is 0 Å². The number of carbonyl (C=O) groups is 1. The van der Waals surface area contributed by atoms with Crippen molar-refractivity contribution in [1.82, 2.24) is 15.3 Å². The number of nitrogens with zero attached hydrogens (tertiary/aromatic N) is 1. The summed E-state index contributed by atoms with van der Waals surface area (Å²) >= 11 is 0. The summed E-state index contributed by atoms with van der Waals surface area (Å²) in [4.78, 5) is 19.5. The summed E-state index contributed by atoms with van der Waals surface area (Å²) in [7, 11) is 1.62. The monoisotopic (exact) mass is 307 g/mol. The van der Waals surface area contributed by atoms with E-state index in [4.69, 9.17) is 4.74 Å². The van der Waals surface area contributed by atoms with Gasteiger partial charge >= 0.3 is 0 Å². The van der Waals surface area contributed by atoms with Crippen molar-refractivity contribution in [2.24, 2.45) is 0 Å². The minimum Gasteiger partial charge on any atom is -0.496 e. The first kappa shape index (κ1) is 14.8. The number of nitrogens with one attached hydrogen (secondary N) is 2. The molecular weight excluding hydrogens is 290 g/mol. The molecule has 0 aliphatic heterocycles. The zero-order valence-corrected chi connectivity index (χ0v) is 12.7. The molecule has 0 radical (unpaired) electrons. The Hall–Kier alpha value is -3.08. The fourth-order valence-corrected chi connectivity index (χ4v) is 2.33. The number of ether oxygens (including phenoxy) is 1. The number of hydrogen-bond donors (Lipinski definition) is 2. The lowest BCUT2D eigenvalue weighted by Gasteiger charge is -2.09. The smallest absolute Gasteiger partial charge is 0.251 e. The highest BCUT2D eigenvalue weighted by atomic mass is 16.5. The molecule has 23 heavy (non-hydrogen) atoms. The minimum atomic E-state index is -0.123. The van der Waals surface area contributed by atoms with Gasteiger partial charge in [-0.25, -0.2) is 4.98 Å². The average molecular weight is 307 g/mol. The molecule has 2 aromatic carbocycles. The first-order valence-corrected chi connectivity index (χ1v) is 7.28. The molecule has 5 heteroatoms. The van der Waals surface area contributed by atoms with Crippen LogP contribution in [-0.2, 0) is 6.54 Å². The van der Waals surface area contributed by atoms with Gasteiger partial charge in [-0.1, -0.05) is 30.3 Å². The van der Waals surface area contributed by atoms with E-state index in [1.54, 1.807) is 31.6 Å². The molecule has 0 saturated heterocycles. The summed E-state index contributed by atoms with van der Waals surface area (Å²) in [5, 5.41) is 2.90. The fraction of sp³-hybridized carbons (Fsp3) is 0.111. The van der Waals surface area contributed by atoms with E-state index < -0.39 is 0 Å². The average Bonchev–Trinajstić information content (AvgIpc) is 3.14. The molecule has 0 unspecified atom stereocenters. The first-order chi connectivity index (χ1) is 11.3.